The SMILES string of the molecule is O=C1CSc2cc(Cl)cnc2N1Cc1ccc(F)c(OC(F)(F)F)c1. The van der Waals surface area contributed by atoms with E-state index in [0.29, 0.717) is 15.7 Å². The molecule has 0 radical (unpaired) electrons. The van der Waals surface area contributed by atoms with Gasteiger partial charge in [0, 0.05) is 6.20 Å². The third-order valence-electron chi connectivity index (χ3n) is 3.27. The van der Waals surface area contributed by atoms with Crippen molar-refractivity contribution in [3.8, 4) is 5.75 Å². The van der Waals surface area contributed by atoms with E-state index in [2.05, 4.69) is 9.72 Å². The van der Waals surface area contributed by atoms with E-state index in [9.17, 15) is 22.4 Å². The molecule has 1 aromatic carbocycles. The first-order valence-electron chi connectivity index (χ1n) is 6.86. The van der Waals surface area contributed by atoms with Gasteiger partial charge in [-0.25, -0.2) is 9.37 Å². The highest BCUT2D eigenvalue weighted by Crippen LogP contribution is 2.36. The molecule has 132 valence electrons. The Hall–Kier alpha value is -2.00. The van der Waals surface area contributed by atoms with E-state index < -0.39 is 17.9 Å². The molecule has 0 aliphatic carbocycles. The Morgan fingerprint density at radius 3 is 2.80 bits per heavy atom. The molecule has 1 aliphatic rings. The lowest BCUT2D eigenvalue weighted by Crippen LogP contribution is -2.35. The molecule has 0 N–H and O–H groups in total. The maximum absolute atomic E-state index is 13.5. The first kappa shape index (κ1) is 17.8. The highest BCUT2D eigenvalue weighted by Gasteiger charge is 2.33. The number of pyridine rings is 1. The van der Waals surface area contributed by atoms with Crippen molar-refractivity contribution < 1.29 is 27.1 Å². The fraction of sp³-hybridized carbons (Fsp3) is 0.200. The zero-order chi connectivity index (χ0) is 18.2. The average molecular weight is 393 g/mol. The van der Waals surface area contributed by atoms with Crippen molar-refractivity contribution in [2.45, 2.75) is 17.8 Å². The fourth-order valence-electron chi connectivity index (χ4n) is 2.25. The van der Waals surface area contributed by atoms with Crippen molar-refractivity contribution >= 4 is 35.1 Å². The van der Waals surface area contributed by atoms with Gasteiger partial charge >= 0.3 is 6.36 Å². The standard InChI is InChI=1S/C15H9ClF4N2O2S/c16-9-4-12-14(21-5-9)22(13(23)7-25-12)6-8-1-2-10(17)11(3-8)24-15(18,19)20/h1-5H,6-7H2. The highest BCUT2D eigenvalue weighted by atomic mass is 35.5. The van der Waals surface area contributed by atoms with E-state index in [1.165, 1.54) is 28.9 Å². The van der Waals surface area contributed by atoms with Crippen molar-refractivity contribution in [2.24, 2.45) is 0 Å². The third kappa shape index (κ3) is 4.16. The van der Waals surface area contributed by atoms with E-state index in [0.717, 1.165) is 12.1 Å². The molecule has 10 heteroatoms. The van der Waals surface area contributed by atoms with Gasteiger partial charge in [0.05, 0.1) is 22.2 Å². The molecule has 2 heterocycles. The first-order chi connectivity index (χ1) is 11.7. The van der Waals surface area contributed by atoms with E-state index in [4.69, 9.17) is 11.6 Å². The van der Waals surface area contributed by atoms with Gasteiger partial charge < -0.3 is 4.74 Å². The minimum atomic E-state index is -5.01. The topological polar surface area (TPSA) is 42.4 Å². The molecule has 2 aromatic rings. The Balaban J connectivity index is 1.90. The van der Waals surface area contributed by atoms with Crippen LogP contribution in [0.25, 0.3) is 0 Å². The minimum Gasteiger partial charge on any atom is -0.403 e. The molecule has 0 bridgehead atoms. The highest BCUT2D eigenvalue weighted by molar-refractivity contribution is 8.00. The smallest absolute Gasteiger partial charge is 0.403 e. The number of hydrogen-bond donors (Lipinski definition) is 0. The van der Waals surface area contributed by atoms with Gasteiger partial charge in [0.1, 0.15) is 5.82 Å². The number of hydrogen-bond acceptors (Lipinski definition) is 4. The number of halogens is 5. The monoisotopic (exact) mass is 392 g/mol. The summed E-state index contributed by atoms with van der Waals surface area (Å²) in [5, 5.41) is 0.406. The van der Waals surface area contributed by atoms with Crippen molar-refractivity contribution in [3.63, 3.8) is 0 Å². The quantitative estimate of drug-likeness (QED) is 0.726. The average Bonchev–Trinajstić information content (AvgIpc) is 2.52. The molecular formula is C15H9ClF4N2O2S. The van der Waals surface area contributed by atoms with Gasteiger partial charge in [-0.05, 0) is 23.8 Å². The normalized spacial score (nSPS) is 14.4. The van der Waals surface area contributed by atoms with Gasteiger partial charge in [0.2, 0.25) is 5.91 Å². The maximum Gasteiger partial charge on any atom is 0.573 e. The van der Waals surface area contributed by atoms with Crippen LogP contribution in [0.2, 0.25) is 5.02 Å². The largest absolute Gasteiger partial charge is 0.573 e. The lowest BCUT2D eigenvalue weighted by molar-refractivity contribution is -0.275. The molecule has 3 rings (SSSR count). The summed E-state index contributed by atoms with van der Waals surface area (Å²) in [6.07, 6.45) is -3.64. The van der Waals surface area contributed by atoms with Gasteiger partial charge in [0.15, 0.2) is 11.6 Å². The number of ether oxygens (including phenoxy) is 1. The molecule has 1 amide bonds. The fourth-order valence-corrected chi connectivity index (χ4v) is 3.41. The molecule has 0 spiro atoms. The molecule has 0 atom stereocenters. The molecule has 0 saturated carbocycles. The molecule has 0 unspecified atom stereocenters. The van der Waals surface area contributed by atoms with E-state index in [1.807, 2.05) is 0 Å². The van der Waals surface area contributed by atoms with Crippen LogP contribution in [0.5, 0.6) is 5.75 Å². The Bertz CT molecular complexity index is 832. The molecule has 0 saturated heterocycles. The first-order valence-corrected chi connectivity index (χ1v) is 8.22. The van der Waals surface area contributed by atoms with Crippen LogP contribution in [0.1, 0.15) is 5.56 Å². The second-order valence-corrected chi connectivity index (χ2v) is 6.51. The van der Waals surface area contributed by atoms with Crippen LogP contribution in [0, 0.1) is 5.82 Å². The lowest BCUT2D eigenvalue weighted by atomic mass is 10.2. The number of anilines is 1. The summed E-state index contributed by atoms with van der Waals surface area (Å²) >= 11 is 7.14. The number of amides is 1. The van der Waals surface area contributed by atoms with Crippen LogP contribution in [0.15, 0.2) is 35.4 Å². The van der Waals surface area contributed by atoms with Gasteiger partial charge in [0.25, 0.3) is 0 Å². The Labute approximate surface area is 148 Å². The number of nitrogens with zero attached hydrogens (tertiary/aromatic N) is 2. The number of carbonyl (C=O) groups excluding carboxylic acids is 1. The zero-order valence-electron chi connectivity index (χ0n) is 12.3. The summed E-state index contributed by atoms with van der Waals surface area (Å²) in [5.74, 6) is -1.87. The van der Waals surface area contributed by atoms with Crippen molar-refractivity contribution in [1.82, 2.24) is 4.98 Å². The Morgan fingerprint density at radius 1 is 1.32 bits per heavy atom. The van der Waals surface area contributed by atoms with Crippen LogP contribution in [-0.2, 0) is 11.3 Å². The van der Waals surface area contributed by atoms with E-state index in [1.54, 1.807) is 6.07 Å². The predicted octanol–water partition coefficient (Wildman–Crippen LogP) is 4.41. The molecule has 4 nitrogen and oxygen atoms in total. The van der Waals surface area contributed by atoms with Gasteiger partial charge in [-0.3, -0.25) is 9.69 Å². The molecule has 1 aliphatic heterocycles. The second-order valence-electron chi connectivity index (χ2n) is 5.06. The summed E-state index contributed by atoms with van der Waals surface area (Å²) in [4.78, 5) is 18.3. The van der Waals surface area contributed by atoms with Crippen molar-refractivity contribution in [2.75, 3.05) is 10.7 Å². The number of rotatable bonds is 3. The summed E-state index contributed by atoms with van der Waals surface area (Å²) in [5.41, 5.74) is 0.267. The molecular weight excluding hydrogens is 384 g/mol. The zero-order valence-corrected chi connectivity index (χ0v) is 13.9. The van der Waals surface area contributed by atoms with Gasteiger partial charge in [-0.1, -0.05) is 17.7 Å². The lowest BCUT2D eigenvalue weighted by Gasteiger charge is -2.28. The van der Waals surface area contributed by atoms with E-state index >= 15 is 0 Å². The van der Waals surface area contributed by atoms with Crippen molar-refractivity contribution in [1.29, 1.82) is 0 Å². The minimum absolute atomic E-state index is 0.0739. The number of thioether (sulfide) groups is 1. The number of alkyl halides is 3. The number of carbonyl (C=O) groups is 1. The van der Waals surface area contributed by atoms with Crippen molar-refractivity contribution in [3.05, 3.63) is 46.9 Å². The van der Waals surface area contributed by atoms with Gasteiger partial charge in [-0.15, -0.1) is 24.9 Å². The van der Waals surface area contributed by atoms with Gasteiger partial charge in [-0.2, -0.15) is 0 Å². The number of fused-ring (bicyclic) bond motifs is 1. The molecule has 25 heavy (non-hydrogen) atoms. The molecule has 1 aromatic heterocycles. The predicted molar refractivity (Wildman–Crippen MR) is 84.2 cm³/mol. The Morgan fingerprint density at radius 2 is 2.08 bits per heavy atom. The van der Waals surface area contributed by atoms with Crippen LogP contribution in [0.4, 0.5) is 23.4 Å². The molecule has 0 fully saturated rings. The second kappa shape index (κ2) is 6.72. The summed E-state index contributed by atoms with van der Waals surface area (Å²) in [6.45, 7) is -0.0739. The summed E-state index contributed by atoms with van der Waals surface area (Å²) < 4.78 is 54.2. The van der Waals surface area contributed by atoms with E-state index in [-0.39, 0.29) is 23.8 Å². The van der Waals surface area contributed by atoms with Crippen LogP contribution in [0.3, 0.4) is 0 Å². The van der Waals surface area contributed by atoms with Crippen LogP contribution in [-0.4, -0.2) is 23.0 Å². The number of aromatic nitrogens is 1. The van der Waals surface area contributed by atoms with Crippen LogP contribution >= 0.6 is 23.4 Å². The third-order valence-corrected chi connectivity index (χ3v) is 4.48. The van der Waals surface area contributed by atoms with Crippen LogP contribution < -0.4 is 9.64 Å². The summed E-state index contributed by atoms with van der Waals surface area (Å²) in [6, 6.07) is 4.70. The number of benzene rings is 1. The maximum atomic E-state index is 13.5. The Kier molecular flexibility index (Phi) is 4.79. The summed E-state index contributed by atoms with van der Waals surface area (Å²) in [7, 11) is 0.